The molecule has 5 heterocycles. The Labute approximate surface area is 210 Å². The van der Waals surface area contributed by atoms with Crippen LogP contribution in [0.25, 0.3) is 11.0 Å². The number of pyridine rings is 1. The van der Waals surface area contributed by atoms with Crippen molar-refractivity contribution in [1.82, 2.24) is 29.9 Å². The smallest absolute Gasteiger partial charge is 0.287 e. The molecule has 3 aromatic heterocycles. The zero-order chi connectivity index (χ0) is 24.9. The number of hydrogen-bond acceptors (Lipinski definition) is 6. The molecule has 3 aromatic rings. The molecule has 3 fully saturated rings. The molecule has 9 heteroatoms. The third-order valence-electron chi connectivity index (χ3n) is 8.39. The van der Waals surface area contributed by atoms with Gasteiger partial charge in [-0.25, -0.2) is 0 Å². The lowest BCUT2D eigenvalue weighted by Crippen LogP contribution is -2.40. The highest BCUT2D eigenvalue weighted by molar-refractivity contribution is 5.96. The van der Waals surface area contributed by atoms with Gasteiger partial charge in [-0.1, -0.05) is 6.58 Å². The molecule has 1 N–H and O–H groups in total. The Morgan fingerprint density at radius 2 is 2.06 bits per heavy atom. The third kappa shape index (κ3) is 4.16. The first kappa shape index (κ1) is 22.8. The number of fused-ring (bicyclic) bond motifs is 1. The maximum absolute atomic E-state index is 13.1. The molecule has 3 aliphatic rings. The summed E-state index contributed by atoms with van der Waals surface area (Å²) in [5.41, 5.74) is 2.60. The first-order valence-electron chi connectivity index (χ1n) is 12.8. The van der Waals surface area contributed by atoms with Crippen molar-refractivity contribution in [3.05, 3.63) is 60.5 Å². The van der Waals surface area contributed by atoms with Gasteiger partial charge < -0.3 is 19.5 Å². The van der Waals surface area contributed by atoms with E-state index in [4.69, 9.17) is 4.42 Å². The van der Waals surface area contributed by atoms with Gasteiger partial charge in [-0.3, -0.25) is 19.3 Å². The minimum absolute atomic E-state index is 0.0655. The van der Waals surface area contributed by atoms with Gasteiger partial charge >= 0.3 is 0 Å². The molecular weight excluding hydrogens is 456 g/mol. The molecule has 0 radical (unpaired) electrons. The predicted octanol–water partition coefficient (Wildman–Crippen LogP) is 3.48. The average molecular weight is 489 g/mol. The van der Waals surface area contributed by atoms with Crippen molar-refractivity contribution in [2.24, 2.45) is 11.3 Å². The molecule has 1 saturated carbocycles. The first-order valence-corrected chi connectivity index (χ1v) is 12.8. The SMILES string of the molecule is C=C(C)N1CCC(n2cc(C(=O)N3CCC4(CC3)CC4CNC(=O)c3cc4ccncc4o3)cn2)C1. The minimum atomic E-state index is -0.188. The molecule has 1 aliphatic carbocycles. The van der Waals surface area contributed by atoms with E-state index in [1.165, 1.54) is 0 Å². The summed E-state index contributed by atoms with van der Waals surface area (Å²) in [4.78, 5) is 34.0. The molecule has 9 nitrogen and oxygen atoms in total. The van der Waals surface area contributed by atoms with Crippen molar-refractivity contribution in [3.63, 3.8) is 0 Å². The number of aromatic nitrogens is 3. The molecule has 2 aliphatic heterocycles. The van der Waals surface area contributed by atoms with Crippen molar-refractivity contribution in [3.8, 4) is 0 Å². The number of carbonyl (C=O) groups excluding carboxylic acids is 2. The zero-order valence-corrected chi connectivity index (χ0v) is 20.7. The van der Waals surface area contributed by atoms with Crippen LogP contribution in [-0.2, 0) is 0 Å². The van der Waals surface area contributed by atoms with Crippen LogP contribution >= 0.6 is 0 Å². The third-order valence-corrected chi connectivity index (χ3v) is 8.39. The highest BCUT2D eigenvalue weighted by Gasteiger charge is 2.54. The van der Waals surface area contributed by atoms with E-state index in [-0.39, 0.29) is 23.3 Å². The number of hydrogen-bond donors (Lipinski definition) is 1. The molecule has 2 unspecified atom stereocenters. The number of nitrogens with one attached hydrogen (secondary N) is 1. The van der Waals surface area contributed by atoms with Gasteiger partial charge in [0.25, 0.3) is 11.8 Å². The van der Waals surface area contributed by atoms with Crippen molar-refractivity contribution < 1.29 is 14.0 Å². The number of amides is 2. The van der Waals surface area contributed by atoms with Crippen molar-refractivity contribution >= 4 is 22.8 Å². The van der Waals surface area contributed by atoms with Gasteiger partial charge in [0, 0.05) is 56.2 Å². The highest BCUT2D eigenvalue weighted by Crippen LogP contribution is 2.59. The van der Waals surface area contributed by atoms with Crippen LogP contribution in [0.1, 0.15) is 59.6 Å². The van der Waals surface area contributed by atoms with Crippen LogP contribution in [0, 0.1) is 11.3 Å². The van der Waals surface area contributed by atoms with Crippen LogP contribution in [0.15, 0.2) is 53.6 Å². The number of nitrogens with zero attached hydrogens (tertiary/aromatic N) is 5. The normalized spacial score (nSPS) is 22.8. The van der Waals surface area contributed by atoms with Gasteiger partial charge in [0.2, 0.25) is 0 Å². The van der Waals surface area contributed by atoms with E-state index in [1.54, 1.807) is 24.7 Å². The monoisotopic (exact) mass is 488 g/mol. The number of piperidine rings is 1. The molecule has 6 rings (SSSR count). The molecule has 2 amide bonds. The van der Waals surface area contributed by atoms with E-state index in [0.717, 1.165) is 62.9 Å². The largest absolute Gasteiger partial charge is 0.449 e. The number of likely N-dealkylation sites (tertiary alicyclic amines) is 2. The second kappa shape index (κ2) is 8.80. The average Bonchev–Trinajstić information content (AvgIpc) is 3.38. The Bertz CT molecular complexity index is 1280. The predicted molar refractivity (Wildman–Crippen MR) is 134 cm³/mol. The Kier molecular flexibility index (Phi) is 5.58. The molecule has 2 saturated heterocycles. The fourth-order valence-corrected chi connectivity index (χ4v) is 5.92. The zero-order valence-electron chi connectivity index (χ0n) is 20.7. The van der Waals surface area contributed by atoms with Gasteiger partial charge in [-0.15, -0.1) is 0 Å². The second-order valence-electron chi connectivity index (χ2n) is 10.6. The van der Waals surface area contributed by atoms with Gasteiger partial charge in [0.1, 0.15) is 0 Å². The topological polar surface area (TPSA) is 96.5 Å². The number of allylic oxidation sites excluding steroid dienone is 1. The lowest BCUT2D eigenvalue weighted by molar-refractivity contribution is 0.0668. The van der Waals surface area contributed by atoms with Crippen LogP contribution < -0.4 is 5.32 Å². The molecule has 0 aromatic carbocycles. The maximum atomic E-state index is 13.1. The van der Waals surface area contributed by atoms with Crippen molar-refractivity contribution in [2.75, 3.05) is 32.7 Å². The molecule has 2 atom stereocenters. The highest BCUT2D eigenvalue weighted by atomic mass is 16.3. The van der Waals surface area contributed by atoms with E-state index in [9.17, 15) is 9.59 Å². The summed E-state index contributed by atoms with van der Waals surface area (Å²) in [7, 11) is 0. The Morgan fingerprint density at radius 1 is 1.22 bits per heavy atom. The lowest BCUT2D eigenvalue weighted by atomic mass is 9.90. The molecule has 0 bridgehead atoms. The standard InChI is InChI=1S/C27H32N6O3/c1-18(2)32-8-4-22(17-32)33-16-20(13-30-33)26(35)31-9-5-27(6-10-31)12-21(27)14-29-25(34)23-11-19-3-7-28-15-24(19)36-23/h3,7,11,13,15-16,21-22H,1,4-6,8-10,12,14,17H2,2H3,(H,29,34). The van der Waals surface area contributed by atoms with Crippen LogP contribution in [0.3, 0.4) is 0 Å². The van der Waals surface area contributed by atoms with Gasteiger partial charge in [-0.2, -0.15) is 5.10 Å². The van der Waals surface area contributed by atoms with Crippen LogP contribution in [0.4, 0.5) is 0 Å². The van der Waals surface area contributed by atoms with Gasteiger partial charge in [0.15, 0.2) is 11.3 Å². The van der Waals surface area contributed by atoms with Crippen molar-refractivity contribution in [2.45, 2.75) is 38.6 Å². The van der Waals surface area contributed by atoms with E-state index in [0.29, 0.717) is 29.4 Å². The fourth-order valence-electron chi connectivity index (χ4n) is 5.92. The van der Waals surface area contributed by atoms with E-state index < -0.39 is 0 Å². The summed E-state index contributed by atoms with van der Waals surface area (Å²) in [6.45, 7) is 10.1. The van der Waals surface area contributed by atoms with E-state index >= 15 is 0 Å². The van der Waals surface area contributed by atoms with Crippen LogP contribution in [0.5, 0.6) is 0 Å². The van der Waals surface area contributed by atoms with Crippen molar-refractivity contribution in [1.29, 1.82) is 0 Å². The summed E-state index contributed by atoms with van der Waals surface area (Å²) in [6, 6.07) is 3.87. The lowest BCUT2D eigenvalue weighted by Gasteiger charge is -2.33. The van der Waals surface area contributed by atoms with Crippen LogP contribution in [-0.4, -0.2) is 69.1 Å². The summed E-state index contributed by atoms with van der Waals surface area (Å²) >= 11 is 0. The number of carbonyl (C=O) groups is 2. The maximum Gasteiger partial charge on any atom is 0.287 e. The molecule has 188 valence electrons. The quantitative estimate of drug-likeness (QED) is 0.571. The number of rotatable bonds is 6. The molecular formula is C27H32N6O3. The summed E-state index contributed by atoms with van der Waals surface area (Å²) in [5.74, 6) is 0.645. The molecule has 1 spiro atoms. The summed E-state index contributed by atoms with van der Waals surface area (Å²) < 4.78 is 7.56. The van der Waals surface area contributed by atoms with E-state index in [1.807, 2.05) is 28.8 Å². The van der Waals surface area contributed by atoms with Gasteiger partial charge in [0.05, 0.1) is 24.0 Å². The summed E-state index contributed by atoms with van der Waals surface area (Å²) in [5, 5.41) is 8.41. The fraction of sp³-hybridized carbons (Fsp3) is 0.481. The number of furan rings is 1. The minimum Gasteiger partial charge on any atom is -0.449 e. The van der Waals surface area contributed by atoms with Gasteiger partial charge in [-0.05, 0) is 56.1 Å². The van der Waals surface area contributed by atoms with Crippen LogP contribution in [0.2, 0.25) is 0 Å². The Hall–Kier alpha value is -3.62. The molecule has 36 heavy (non-hydrogen) atoms. The Morgan fingerprint density at radius 3 is 2.81 bits per heavy atom. The first-order chi connectivity index (χ1) is 17.4. The summed E-state index contributed by atoms with van der Waals surface area (Å²) in [6.07, 6.45) is 11.0. The second-order valence-corrected chi connectivity index (χ2v) is 10.6. The Balaban J connectivity index is 0.990. The van der Waals surface area contributed by atoms with E-state index in [2.05, 4.69) is 26.9 Å².